The smallest absolute Gasteiger partial charge is 0.238 e. The number of amides is 1. The van der Waals surface area contributed by atoms with Crippen LogP contribution in [0.2, 0.25) is 0 Å². The van der Waals surface area contributed by atoms with Crippen LogP contribution >= 0.6 is 0 Å². The molecule has 0 aromatic heterocycles. The van der Waals surface area contributed by atoms with Crippen molar-refractivity contribution < 1.29 is 14.4 Å². The zero-order valence-electron chi connectivity index (χ0n) is 12.1. The van der Waals surface area contributed by atoms with E-state index < -0.39 is 23.3 Å². The molecule has 1 aliphatic heterocycles. The van der Waals surface area contributed by atoms with Gasteiger partial charge in [0.15, 0.2) is 17.5 Å². The van der Waals surface area contributed by atoms with Crippen LogP contribution in [0, 0.1) is 11.3 Å². The molecule has 2 atom stereocenters. The van der Waals surface area contributed by atoms with Gasteiger partial charge in [-0.05, 0) is 31.2 Å². The first-order valence-corrected chi connectivity index (χ1v) is 7.44. The Morgan fingerprint density at radius 3 is 2.52 bits per heavy atom. The second-order valence-electron chi connectivity index (χ2n) is 6.35. The summed E-state index contributed by atoms with van der Waals surface area (Å²) >= 11 is 0. The lowest BCUT2D eigenvalue weighted by molar-refractivity contribution is -0.139. The average molecular weight is 285 g/mol. The highest BCUT2D eigenvalue weighted by Gasteiger charge is 2.55. The molecule has 1 amide bonds. The van der Waals surface area contributed by atoms with E-state index >= 15 is 0 Å². The Balaban J connectivity index is 1.65. The van der Waals surface area contributed by atoms with Gasteiger partial charge in [0.05, 0.1) is 6.04 Å². The summed E-state index contributed by atoms with van der Waals surface area (Å²) in [4.78, 5) is 36.6. The van der Waals surface area contributed by atoms with Gasteiger partial charge in [-0.3, -0.25) is 14.4 Å². The van der Waals surface area contributed by atoms with Gasteiger partial charge in [0.25, 0.3) is 0 Å². The van der Waals surface area contributed by atoms with Crippen molar-refractivity contribution in [1.82, 2.24) is 5.32 Å². The number of hydrogen-bond acceptors (Lipinski definition) is 3. The maximum Gasteiger partial charge on any atom is 0.238 e. The molecule has 0 spiro atoms. The molecular weight excluding hydrogens is 266 g/mol. The number of nitrogens with one attached hydrogen (secondary N) is 1. The molecular formula is C17H19NO3. The molecule has 110 valence electrons. The van der Waals surface area contributed by atoms with Crippen LogP contribution in [-0.4, -0.2) is 23.5 Å². The molecule has 4 nitrogen and oxygen atoms in total. The molecule has 1 saturated carbocycles. The molecule has 4 heteroatoms. The molecule has 2 fully saturated rings. The summed E-state index contributed by atoms with van der Waals surface area (Å²) in [6, 6.07) is 9.31. The van der Waals surface area contributed by atoms with E-state index in [1.54, 1.807) is 0 Å². The Labute approximate surface area is 123 Å². The number of aryl methyl sites for hydroxylation is 1. The van der Waals surface area contributed by atoms with Crippen LogP contribution in [0.1, 0.15) is 31.7 Å². The van der Waals surface area contributed by atoms with Crippen molar-refractivity contribution in [3.63, 3.8) is 0 Å². The summed E-state index contributed by atoms with van der Waals surface area (Å²) in [5, 5.41) is 2.70. The predicted octanol–water partition coefficient (Wildman–Crippen LogP) is 1.67. The van der Waals surface area contributed by atoms with Gasteiger partial charge in [-0.25, -0.2) is 0 Å². The fraction of sp³-hybridized carbons (Fsp3) is 0.471. The van der Waals surface area contributed by atoms with Crippen molar-refractivity contribution >= 4 is 17.5 Å². The maximum atomic E-state index is 12.3. The first kappa shape index (κ1) is 14.0. The SMILES string of the molecule is CC1(C(=O)C2C(=O)NC(CCc3ccccc3)C2=O)CC1. The van der Waals surface area contributed by atoms with Crippen LogP contribution in [0.4, 0.5) is 0 Å². The third-order valence-corrected chi connectivity index (χ3v) is 4.63. The van der Waals surface area contributed by atoms with Crippen LogP contribution in [-0.2, 0) is 20.8 Å². The van der Waals surface area contributed by atoms with Crippen LogP contribution in [0.5, 0.6) is 0 Å². The summed E-state index contributed by atoms with van der Waals surface area (Å²) in [5.74, 6) is -1.91. The van der Waals surface area contributed by atoms with Gasteiger partial charge >= 0.3 is 0 Å². The molecule has 1 heterocycles. The zero-order valence-corrected chi connectivity index (χ0v) is 12.1. The van der Waals surface area contributed by atoms with E-state index in [1.807, 2.05) is 37.3 Å². The molecule has 1 N–H and O–H groups in total. The van der Waals surface area contributed by atoms with Gasteiger partial charge in [0.2, 0.25) is 5.91 Å². The molecule has 1 aromatic carbocycles. The normalized spacial score (nSPS) is 26.5. The van der Waals surface area contributed by atoms with E-state index in [2.05, 4.69) is 5.32 Å². The first-order valence-electron chi connectivity index (χ1n) is 7.44. The Hall–Kier alpha value is -1.97. The second kappa shape index (κ2) is 5.10. The summed E-state index contributed by atoms with van der Waals surface area (Å²) in [6.07, 6.45) is 2.85. The number of ketones is 2. The molecule has 0 bridgehead atoms. The molecule has 1 aromatic rings. The Kier molecular flexibility index (Phi) is 3.40. The van der Waals surface area contributed by atoms with Crippen LogP contribution in [0.15, 0.2) is 30.3 Å². The third kappa shape index (κ3) is 2.62. The quantitative estimate of drug-likeness (QED) is 0.837. The molecule has 2 aliphatic rings. The van der Waals surface area contributed by atoms with Crippen molar-refractivity contribution in [2.75, 3.05) is 0 Å². The Morgan fingerprint density at radius 2 is 1.90 bits per heavy atom. The Morgan fingerprint density at radius 1 is 1.24 bits per heavy atom. The first-order chi connectivity index (χ1) is 10.0. The molecule has 2 unspecified atom stereocenters. The molecule has 1 saturated heterocycles. The molecule has 0 radical (unpaired) electrons. The number of rotatable bonds is 5. The summed E-state index contributed by atoms with van der Waals surface area (Å²) in [6.45, 7) is 1.84. The predicted molar refractivity (Wildman–Crippen MR) is 77.5 cm³/mol. The monoisotopic (exact) mass is 285 g/mol. The average Bonchev–Trinajstić information content (AvgIpc) is 3.17. The van der Waals surface area contributed by atoms with Crippen LogP contribution in [0.25, 0.3) is 0 Å². The van der Waals surface area contributed by atoms with Crippen molar-refractivity contribution in [3.8, 4) is 0 Å². The second-order valence-corrected chi connectivity index (χ2v) is 6.35. The topological polar surface area (TPSA) is 63.2 Å². The van der Waals surface area contributed by atoms with Crippen LogP contribution < -0.4 is 5.32 Å². The van der Waals surface area contributed by atoms with Crippen molar-refractivity contribution in [2.24, 2.45) is 11.3 Å². The van der Waals surface area contributed by atoms with E-state index in [4.69, 9.17) is 0 Å². The molecule has 21 heavy (non-hydrogen) atoms. The van der Waals surface area contributed by atoms with Gasteiger partial charge in [0.1, 0.15) is 0 Å². The van der Waals surface area contributed by atoms with Crippen molar-refractivity contribution in [2.45, 2.75) is 38.6 Å². The Bertz CT molecular complexity index is 589. The number of hydrogen-bond donors (Lipinski definition) is 1. The van der Waals surface area contributed by atoms with E-state index in [-0.39, 0.29) is 11.6 Å². The summed E-state index contributed by atoms with van der Waals surface area (Å²) in [5.41, 5.74) is 0.690. The van der Waals surface area contributed by atoms with Gasteiger partial charge in [-0.15, -0.1) is 0 Å². The minimum atomic E-state index is -1.07. The van der Waals surface area contributed by atoms with E-state index in [0.29, 0.717) is 6.42 Å². The third-order valence-electron chi connectivity index (χ3n) is 4.63. The minimum absolute atomic E-state index is 0.188. The summed E-state index contributed by atoms with van der Waals surface area (Å²) < 4.78 is 0. The fourth-order valence-corrected chi connectivity index (χ4v) is 2.86. The van der Waals surface area contributed by atoms with Crippen LogP contribution in [0.3, 0.4) is 0 Å². The van der Waals surface area contributed by atoms with E-state index in [9.17, 15) is 14.4 Å². The fourth-order valence-electron chi connectivity index (χ4n) is 2.86. The number of benzene rings is 1. The lowest BCUT2D eigenvalue weighted by Crippen LogP contribution is -2.32. The van der Waals surface area contributed by atoms with Crippen molar-refractivity contribution in [3.05, 3.63) is 35.9 Å². The number of carbonyl (C=O) groups excluding carboxylic acids is 3. The van der Waals surface area contributed by atoms with E-state index in [0.717, 1.165) is 24.8 Å². The van der Waals surface area contributed by atoms with E-state index in [1.165, 1.54) is 0 Å². The molecule has 3 rings (SSSR count). The lowest BCUT2D eigenvalue weighted by Gasteiger charge is -2.11. The molecule has 1 aliphatic carbocycles. The lowest BCUT2D eigenvalue weighted by atomic mass is 9.87. The van der Waals surface area contributed by atoms with Gasteiger partial charge in [-0.2, -0.15) is 0 Å². The minimum Gasteiger partial charge on any atom is -0.345 e. The number of carbonyl (C=O) groups is 3. The summed E-state index contributed by atoms with van der Waals surface area (Å²) in [7, 11) is 0. The highest BCUT2D eigenvalue weighted by molar-refractivity contribution is 6.25. The zero-order chi connectivity index (χ0) is 15.0. The van der Waals surface area contributed by atoms with Gasteiger partial charge in [0, 0.05) is 5.41 Å². The maximum absolute atomic E-state index is 12.3. The highest BCUT2D eigenvalue weighted by atomic mass is 16.2. The number of Topliss-reactive ketones (excluding diaryl/α,β-unsaturated/α-hetero) is 2. The standard InChI is InChI=1S/C17H19NO3/c1-17(9-10-17)15(20)13-14(19)12(18-16(13)21)8-7-11-5-3-2-4-6-11/h2-6,12-13H,7-10H2,1H3,(H,18,21). The largest absolute Gasteiger partial charge is 0.345 e. The van der Waals surface area contributed by atoms with Gasteiger partial charge in [-0.1, -0.05) is 37.3 Å². The highest BCUT2D eigenvalue weighted by Crippen LogP contribution is 2.48. The van der Waals surface area contributed by atoms with Crippen molar-refractivity contribution in [1.29, 1.82) is 0 Å². The van der Waals surface area contributed by atoms with Gasteiger partial charge < -0.3 is 5.32 Å².